The lowest BCUT2D eigenvalue weighted by Gasteiger charge is -2.32. The predicted molar refractivity (Wildman–Crippen MR) is 84.9 cm³/mol. The first kappa shape index (κ1) is 19.3. The predicted octanol–water partition coefficient (Wildman–Crippen LogP) is 2.31. The van der Waals surface area contributed by atoms with Crippen molar-refractivity contribution >= 4 is 21.6 Å². The van der Waals surface area contributed by atoms with Gasteiger partial charge in [-0.25, -0.2) is 4.31 Å². The number of rotatable bonds is 4. The molecule has 0 radical (unpaired) electrons. The molecule has 0 aromatic heterocycles. The molecular formula is C14H14F4N4O4S. The molecule has 0 saturated carbocycles. The number of alkyl halides is 4. The molecule has 2 aliphatic rings. The summed E-state index contributed by atoms with van der Waals surface area (Å²) in [6.07, 6.45) is -11.3. The second-order valence-electron chi connectivity index (χ2n) is 5.62. The minimum Gasteiger partial charge on any atom is -0.421 e. The Kier molecular flexibility index (Phi) is 4.31. The molecule has 13 heteroatoms. The van der Waals surface area contributed by atoms with Crippen LogP contribution in [0, 0.1) is 11.3 Å². The molecule has 1 N–H and O–H groups in total. The summed E-state index contributed by atoms with van der Waals surface area (Å²) in [5.74, 6) is -1.49. The van der Waals surface area contributed by atoms with Gasteiger partial charge in [0.05, 0.1) is 11.4 Å². The van der Waals surface area contributed by atoms with E-state index in [4.69, 9.17) is 0 Å². The van der Waals surface area contributed by atoms with Crippen molar-refractivity contribution < 1.29 is 35.5 Å². The highest BCUT2D eigenvalue weighted by atomic mass is 32.2. The topological polar surface area (TPSA) is 94.9 Å². The monoisotopic (exact) mass is 410 g/mol. The van der Waals surface area contributed by atoms with E-state index in [0.717, 1.165) is 16.4 Å². The van der Waals surface area contributed by atoms with Crippen LogP contribution in [0.5, 0.6) is 11.5 Å². The average Bonchev–Trinajstić information content (AvgIpc) is 2.92. The SMILES string of the molecule is CCN(CC)S(=O)(=O)N1c2cc3c(cc2NC1C#N)OC(F)(F)C(F)(F)O3. The van der Waals surface area contributed by atoms with E-state index < -0.39 is 40.1 Å². The number of hydrogen-bond donors (Lipinski definition) is 1. The van der Waals surface area contributed by atoms with E-state index in [-0.39, 0.29) is 24.5 Å². The number of halogens is 4. The standard InChI is InChI=1S/C14H14F4N4O4S/c1-3-21(4-2)27(23,24)22-9-6-11-10(5-8(9)20-12(22)7-19)25-13(15,16)14(17,18)26-11/h5-6,12,20H,3-4H2,1-2H3. The van der Waals surface area contributed by atoms with Crippen molar-refractivity contribution in [3.8, 4) is 17.6 Å². The van der Waals surface area contributed by atoms with Crippen molar-refractivity contribution in [3.63, 3.8) is 0 Å². The highest BCUT2D eigenvalue weighted by Crippen LogP contribution is 2.52. The Morgan fingerprint density at radius 2 is 1.70 bits per heavy atom. The highest BCUT2D eigenvalue weighted by molar-refractivity contribution is 7.90. The second kappa shape index (κ2) is 6.03. The third kappa shape index (κ3) is 2.79. The lowest BCUT2D eigenvalue weighted by Crippen LogP contribution is -2.52. The van der Waals surface area contributed by atoms with E-state index in [1.54, 1.807) is 19.9 Å². The molecule has 1 atom stereocenters. The van der Waals surface area contributed by atoms with Gasteiger partial charge in [0.25, 0.3) is 0 Å². The maximum absolute atomic E-state index is 13.4. The van der Waals surface area contributed by atoms with Crippen LogP contribution in [0.25, 0.3) is 0 Å². The average molecular weight is 410 g/mol. The van der Waals surface area contributed by atoms with Crippen LogP contribution in [0.4, 0.5) is 28.9 Å². The fourth-order valence-electron chi connectivity index (χ4n) is 2.76. The summed E-state index contributed by atoms with van der Waals surface area (Å²) in [4.78, 5) is 0. The van der Waals surface area contributed by atoms with Crippen molar-refractivity contribution in [2.75, 3.05) is 22.7 Å². The van der Waals surface area contributed by atoms with Gasteiger partial charge < -0.3 is 14.8 Å². The van der Waals surface area contributed by atoms with Gasteiger partial charge in [-0.1, -0.05) is 13.8 Å². The van der Waals surface area contributed by atoms with Crippen LogP contribution < -0.4 is 19.1 Å². The van der Waals surface area contributed by atoms with Crippen LogP contribution in [-0.4, -0.2) is 44.2 Å². The quantitative estimate of drug-likeness (QED) is 0.766. The number of hydrogen-bond acceptors (Lipinski definition) is 6. The third-order valence-corrected chi connectivity index (χ3v) is 6.12. The fraction of sp³-hybridized carbons (Fsp3) is 0.500. The minimum absolute atomic E-state index is 0.0550. The Hall–Kier alpha value is -2.46. The maximum atomic E-state index is 13.4. The fourth-order valence-corrected chi connectivity index (χ4v) is 4.43. The molecule has 1 aromatic rings. The van der Waals surface area contributed by atoms with Gasteiger partial charge in [-0.3, -0.25) is 0 Å². The highest BCUT2D eigenvalue weighted by Gasteiger charge is 2.66. The van der Waals surface area contributed by atoms with Crippen LogP contribution in [-0.2, 0) is 10.2 Å². The summed E-state index contributed by atoms with van der Waals surface area (Å²) >= 11 is 0. The number of nitrogens with one attached hydrogen (secondary N) is 1. The van der Waals surface area contributed by atoms with E-state index in [2.05, 4.69) is 14.8 Å². The maximum Gasteiger partial charge on any atom is 0.507 e. The van der Waals surface area contributed by atoms with Crippen LogP contribution in [0.2, 0.25) is 0 Å². The zero-order valence-electron chi connectivity index (χ0n) is 14.0. The van der Waals surface area contributed by atoms with Crippen molar-refractivity contribution in [2.45, 2.75) is 32.2 Å². The molecule has 0 saturated heterocycles. The zero-order chi connectivity index (χ0) is 20.2. The minimum atomic E-state index is -4.95. The van der Waals surface area contributed by atoms with Crippen molar-refractivity contribution in [1.82, 2.24) is 4.31 Å². The van der Waals surface area contributed by atoms with Gasteiger partial charge in [0.1, 0.15) is 6.07 Å². The molecule has 0 bridgehead atoms. The molecule has 1 aromatic carbocycles. The largest absolute Gasteiger partial charge is 0.507 e. The molecule has 1 unspecified atom stereocenters. The number of nitrogens with zero attached hydrogens (tertiary/aromatic N) is 3. The van der Waals surface area contributed by atoms with Gasteiger partial charge in [0.2, 0.25) is 6.17 Å². The Morgan fingerprint density at radius 3 is 2.19 bits per heavy atom. The van der Waals surface area contributed by atoms with Crippen LogP contribution >= 0.6 is 0 Å². The number of fused-ring (bicyclic) bond motifs is 2. The summed E-state index contributed by atoms with van der Waals surface area (Å²) in [7, 11) is -4.20. The molecule has 0 amide bonds. The van der Waals surface area contributed by atoms with Crippen molar-refractivity contribution in [1.29, 1.82) is 5.26 Å². The molecule has 0 spiro atoms. The Labute approximate surface area is 152 Å². The van der Waals surface area contributed by atoms with Crippen LogP contribution in [0.15, 0.2) is 12.1 Å². The van der Waals surface area contributed by atoms with Crippen molar-refractivity contribution in [2.24, 2.45) is 0 Å². The van der Waals surface area contributed by atoms with Gasteiger partial charge in [-0.05, 0) is 0 Å². The van der Waals surface area contributed by atoms with E-state index in [0.29, 0.717) is 4.31 Å². The Bertz CT molecular complexity index is 914. The summed E-state index contributed by atoms with van der Waals surface area (Å²) in [5, 5.41) is 11.8. The molecule has 27 heavy (non-hydrogen) atoms. The summed E-state index contributed by atoms with van der Waals surface area (Å²) < 4.78 is 89.0. The Balaban J connectivity index is 2.13. The van der Waals surface area contributed by atoms with E-state index in [1.807, 2.05) is 0 Å². The molecular weight excluding hydrogens is 396 g/mol. The van der Waals surface area contributed by atoms with E-state index in [1.165, 1.54) is 0 Å². The number of nitriles is 1. The first-order valence-corrected chi connectivity index (χ1v) is 9.15. The first-order valence-electron chi connectivity index (χ1n) is 7.76. The second-order valence-corrected chi connectivity index (χ2v) is 7.42. The smallest absolute Gasteiger partial charge is 0.421 e. The van der Waals surface area contributed by atoms with Gasteiger partial charge in [-0.15, -0.1) is 0 Å². The Morgan fingerprint density at radius 1 is 1.19 bits per heavy atom. The summed E-state index contributed by atoms with van der Waals surface area (Å²) in [6.45, 7) is 3.36. The lowest BCUT2D eigenvalue weighted by atomic mass is 10.2. The summed E-state index contributed by atoms with van der Waals surface area (Å²) in [5.41, 5.74) is -0.252. The number of ether oxygens (including phenoxy) is 2. The lowest BCUT2D eigenvalue weighted by molar-refractivity contribution is -0.391. The van der Waals surface area contributed by atoms with Gasteiger partial charge in [0, 0.05) is 25.2 Å². The number of benzene rings is 1. The van der Waals surface area contributed by atoms with Gasteiger partial charge in [0.15, 0.2) is 11.5 Å². The van der Waals surface area contributed by atoms with E-state index in [9.17, 15) is 31.2 Å². The van der Waals surface area contributed by atoms with E-state index >= 15 is 0 Å². The first-order chi connectivity index (χ1) is 12.5. The molecule has 3 rings (SSSR count). The van der Waals surface area contributed by atoms with Gasteiger partial charge in [-0.2, -0.15) is 35.5 Å². The molecule has 0 fully saturated rings. The summed E-state index contributed by atoms with van der Waals surface area (Å²) in [6, 6.07) is 3.43. The number of anilines is 2. The molecule has 148 valence electrons. The normalized spacial score (nSPS) is 22.1. The van der Waals surface area contributed by atoms with Crippen molar-refractivity contribution in [3.05, 3.63) is 12.1 Å². The zero-order valence-corrected chi connectivity index (χ0v) is 14.9. The molecule has 2 heterocycles. The molecule has 2 aliphatic heterocycles. The van der Waals surface area contributed by atoms with Crippen LogP contribution in [0.3, 0.4) is 0 Å². The van der Waals surface area contributed by atoms with Gasteiger partial charge >= 0.3 is 22.4 Å². The van der Waals surface area contributed by atoms with Crippen LogP contribution in [0.1, 0.15) is 13.8 Å². The molecule has 8 nitrogen and oxygen atoms in total. The molecule has 0 aliphatic carbocycles. The third-order valence-electron chi connectivity index (χ3n) is 4.04.